The summed E-state index contributed by atoms with van der Waals surface area (Å²) >= 11 is 11.9. The van der Waals surface area contributed by atoms with Gasteiger partial charge in [0.1, 0.15) is 5.69 Å². The number of carbonyl (C=O) groups excluding carboxylic acids is 1. The van der Waals surface area contributed by atoms with Gasteiger partial charge in [0, 0.05) is 18.1 Å². The molecule has 1 aromatic heterocycles. The molecule has 1 amide bonds. The van der Waals surface area contributed by atoms with E-state index >= 15 is 0 Å². The van der Waals surface area contributed by atoms with E-state index < -0.39 is 9.84 Å². The molecule has 0 saturated carbocycles. The van der Waals surface area contributed by atoms with Crippen molar-refractivity contribution in [3.05, 3.63) is 57.8 Å². The molecular weight excluding hydrogens is 431 g/mol. The quantitative estimate of drug-likeness (QED) is 0.473. The molecular formula is C21H26Cl2N2O3S. The Morgan fingerprint density at radius 3 is 2.55 bits per heavy atom. The largest absolute Gasteiger partial charge is 0.338 e. The van der Waals surface area contributed by atoms with Gasteiger partial charge in [-0.1, -0.05) is 55.5 Å². The Morgan fingerprint density at radius 1 is 1.17 bits per heavy atom. The molecule has 0 saturated heterocycles. The van der Waals surface area contributed by atoms with E-state index in [9.17, 15) is 13.2 Å². The highest BCUT2D eigenvalue weighted by molar-refractivity contribution is 7.90. The minimum Gasteiger partial charge on any atom is -0.338 e. The Hall–Kier alpha value is -1.63. The third kappa shape index (κ3) is 6.43. The van der Waals surface area contributed by atoms with Gasteiger partial charge in [0.05, 0.1) is 21.4 Å². The number of rotatable bonds is 9. The van der Waals surface area contributed by atoms with E-state index in [0.717, 1.165) is 25.7 Å². The van der Waals surface area contributed by atoms with Crippen LogP contribution in [0.5, 0.6) is 0 Å². The third-order valence-electron chi connectivity index (χ3n) is 4.80. The molecule has 1 heterocycles. The molecule has 1 atom stereocenters. The number of hydrogen-bond donors (Lipinski definition) is 0. The maximum absolute atomic E-state index is 12.8. The topological polar surface area (TPSA) is 67.3 Å². The van der Waals surface area contributed by atoms with Crippen molar-refractivity contribution < 1.29 is 13.2 Å². The van der Waals surface area contributed by atoms with Crippen LogP contribution in [0.2, 0.25) is 10.0 Å². The number of sulfone groups is 1. The van der Waals surface area contributed by atoms with Gasteiger partial charge < -0.3 is 4.90 Å². The van der Waals surface area contributed by atoms with Crippen LogP contribution in [0.1, 0.15) is 55.7 Å². The molecule has 8 heteroatoms. The zero-order valence-electron chi connectivity index (χ0n) is 16.9. The van der Waals surface area contributed by atoms with E-state index in [1.54, 1.807) is 30.1 Å². The fourth-order valence-electron chi connectivity index (χ4n) is 2.94. The summed E-state index contributed by atoms with van der Waals surface area (Å²) in [6.07, 6.45) is 4.23. The molecule has 2 rings (SSSR count). The highest BCUT2D eigenvalue weighted by atomic mass is 35.5. The fourth-order valence-corrected chi connectivity index (χ4v) is 5.04. The van der Waals surface area contributed by atoms with Crippen molar-refractivity contribution in [1.29, 1.82) is 0 Å². The highest BCUT2D eigenvalue weighted by Crippen LogP contribution is 2.27. The minimum atomic E-state index is -3.73. The number of unbranched alkanes of at least 4 members (excludes halogenated alkanes) is 2. The van der Waals surface area contributed by atoms with Gasteiger partial charge in [-0.2, -0.15) is 0 Å². The molecule has 0 aliphatic rings. The van der Waals surface area contributed by atoms with Crippen LogP contribution in [0, 0.1) is 0 Å². The van der Waals surface area contributed by atoms with Crippen LogP contribution in [0.3, 0.4) is 0 Å². The summed E-state index contributed by atoms with van der Waals surface area (Å²) < 4.78 is 25.5. The molecule has 5 nitrogen and oxygen atoms in total. The van der Waals surface area contributed by atoms with Gasteiger partial charge in [0.2, 0.25) is 0 Å². The van der Waals surface area contributed by atoms with E-state index in [1.807, 2.05) is 6.92 Å². The lowest BCUT2D eigenvalue weighted by atomic mass is 10.1. The summed E-state index contributed by atoms with van der Waals surface area (Å²) in [6, 6.07) is 9.15. The second kappa shape index (κ2) is 10.4. The van der Waals surface area contributed by atoms with Crippen LogP contribution >= 0.6 is 23.2 Å². The maximum atomic E-state index is 12.8. The normalized spacial score (nSPS) is 12.6. The van der Waals surface area contributed by atoms with Crippen molar-refractivity contribution in [3.8, 4) is 0 Å². The van der Waals surface area contributed by atoms with E-state index in [1.165, 1.54) is 18.2 Å². The average Bonchev–Trinajstić information content (AvgIpc) is 2.66. The van der Waals surface area contributed by atoms with E-state index in [0.29, 0.717) is 5.02 Å². The van der Waals surface area contributed by atoms with Gasteiger partial charge in [-0.25, -0.2) is 13.4 Å². The number of amides is 1. The lowest BCUT2D eigenvalue weighted by Crippen LogP contribution is -2.35. The lowest BCUT2D eigenvalue weighted by Gasteiger charge is -2.24. The first kappa shape index (κ1) is 23.6. The van der Waals surface area contributed by atoms with Gasteiger partial charge in [0.25, 0.3) is 5.91 Å². The van der Waals surface area contributed by atoms with Crippen LogP contribution < -0.4 is 0 Å². The van der Waals surface area contributed by atoms with Crippen LogP contribution in [-0.2, 0) is 15.6 Å². The maximum Gasteiger partial charge on any atom is 0.272 e. The van der Waals surface area contributed by atoms with Gasteiger partial charge in [0.15, 0.2) is 9.84 Å². The summed E-state index contributed by atoms with van der Waals surface area (Å²) in [5.74, 6) is -0.580. The van der Waals surface area contributed by atoms with Crippen molar-refractivity contribution in [2.24, 2.45) is 0 Å². The molecule has 0 N–H and O–H groups in total. The molecule has 0 fully saturated rings. The number of benzene rings is 1. The van der Waals surface area contributed by atoms with Gasteiger partial charge in [-0.05, 0) is 43.7 Å². The summed E-state index contributed by atoms with van der Waals surface area (Å²) in [6.45, 7) is 4.14. The summed E-state index contributed by atoms with van der Waals surface area (Å²) in [5, 5.41) is 0.418. The molecule has 0 aliphatic heterocycles. The molecule has 29 heavy (non-hydrogen) atoms. The fraction of sp³-hybridized carbons (Fsp3) is 0.429. The van der Waals surface area contributed by atoms with E-state index in [-0.39, 0.29) is 39.0 Å². The number of carbonyl (C=O) groups is 1. The number of aromatic nitrogens is 1. The summed E-state index contributed by atoms with van der Waals surface area (Å²) in [7, 11) is -1.99. The van der Waals surface area contributed by atoms with Gasteiger partial charge in [-0.3, -0.25) is 4.79 Å². The highest BCUT2D eigenvalue weighted by Gasteiger charge is 2.22. The Labute approximate surface area is 183 Å². The molecule has 0 aliphatic carbocycles. The van der Waals surface area contributed by atoms with E-state index in [4.69, 9.17) is 23.2 Å². The van der Waals surface area contributed by atoms with Crippen molar-refractivity contribution in [2.45, 2.75) is 56.2 Å². The molecule has 0 bridgehead atoms. The second-order valence-corrected chi connectivity index (χ2v) is 9.91. The third-order valence-corrected chi connectivity index (χ3v) is 7.16. The number of nitrogens with zero attached hydrogens (tertiary/aromatic N) is 2. The van der Waals surface area contributed by atoms with Crippen LogP contribution in [0.25, 0.3) is 0 Å². The Bertz CT molecular complexity index is 964. The molecule has 0 radical (unpaired) electrons. The SMILES string of the molecule is CCCCC[C@H](C)N(C)C(=O)c1cccc(CS(=O)(=O)c2ccc(Cl)cc2Cl)n1. The average molecular weight is 457 g/mol. The first-order chi connectivity index (χ1) is 13.7. The first-order valence-electron chi connectivity index (χ1n) is 9.56. The smallest absolute Gasteiger partial charge is 0.272 e. The zero-order chi connectivity index (χ0) is 21.6. The summed E-state index contributed by atoms with van der Waals surface area (Å²) in [4.78, 5) is 18.7. The van der Waals surface area contributed by atoms with Crippen LogP contribution in [0.15, 0.2) is 41.3 Å². The number of hydrogen-bond acceptors (Lipinski definition) is 4. The van der Waals surface area contributed by atoms with Crippen LogP contribution in [0.4, 0.5) is 0 Å². The van der Waals surface area contributed by atoms with Crippen molar-refractivity contribution in [3.63, 3.8) is 0 Å². The van der Waals surface area contributed by atoms with E-state index in [2.05, 4.69) is 11.9 Å². The Balaban J connectivity index is 2.17. The van der Waals surface area contributed by atoms with Crippen molar-refractivity contribution in [1.82, 2.24) is 9.88 Å². The second-order valence-electron chi connectivity index (χ2n) is 7.11. The van der Waals surface area contributed by atoms with Gasteiger partial charge in [-0.15, -0.1) is 0 Å². The predicted molar refractivity (Wildman–Crippen MR) is 117 cm³/mol. The standard InChI is InChI=1S/C21H26Cl2N2O3S/c1-4-5-6-8-15(2)25(3)21(26)19-10-7-9-17(24-19)14-29(27,28)20-12-11-16(22)13-18(20)23/h7,9-13,15H,4-6,8,14H2,1-3H3/t15-/m0/s1. The monoisotopic (exact) mass is 456 g/mol. The van der Waals surface area contributed by atoms with Gasteiger partial charge >= 0.3 is 0 Å². The minimum absolute atomic E-state index is 0.0104. The number of pyridine rings is 1. The Kier molecular flexibility index (Phi) is 8.49. The lowest BCUT2D eigenvalue weighted by molar-refractivity contribution is 0.0729. The molecule has 0 unspecified atom stereocenters. The predicted octanol–water partition coefficient (Wildman–Crippen LogP) is 5.40. The molecule has 1 aromatic carbocycles. The Morgan fingerprint density at radius 2 is 1.90 bits per heavy atom. The first-order valence-corrected chi connectivity index (χ1v) is 12.0. The van der Waals surface area contributed by atoms with Crippen LogP contribution in [-0.4, -0.2) is 37.3 Å². The van der Waals surface area contributed by atoms with Crippen molar-refractivity contribution in [2.75, 3.05) is 7.05 Å². The van der Waals surface area contributed by atoms with Crippen molar-refractivity contribution >= 4 is 38.9 Å². The molecule has 0 spiro atoms. The summed E-state index contributed by atoms with van der Waals surface area (Å²) in [5.41, 5.74) is 0.513. The molecule has 158 valence electrons. The molecule has 2 aromatic rings. The number of halogens is 2. The zero-order valence-corrected chi connectivity index (χ0v) is 19.2.